The lowest BCUT2D eigenvalue weighted by Gasteiger charge is -2.26. The van der Waals surface area contributed by atoms with Crippen molar-refractivity contribution in [2.45, 2.75) is 19.8 Å². The molecule has 3 amide bonds. The van der Waals surface area contributed by atoms with Crippen molar-refractivity contribution in [2.24, 2.45) is 0 Å². The van der Waals surface area contributed by atoms with E-state index >= 15 is 0 Å². The number of urea groups is 1. The zero-order chi connectivity index (χ0) is 16.4. The Kier molecular flexibility index (Phi) is 4.02. The maximum atomic E-state index is 12.1. The second-order valence-electron chi connectivity index (χ2n) is 5.69. The van der Waals surface area contributed by atoms with E-state index in [9.17, 15) is 9.59 Å². The number of carbonyl (C=O) groups is 2. The Balaban J connectivity index is 1.72. The van der Waals surface area contributed by atoms with Gasteiger partial charge in [0.2, 0.25) is 5.91 Å². The monoisotopic (exact) mass is 309 g/mol. The van der Waals surface area contributed by atoms with Gasteiger partial charge in [-0.25, -0.2) is 4.79 Å². The summed E-state index contributed by atoms with van der Waals surface area (Å²) < 4.78 is 0. The van der Waals surface area contributed by atoms with Gasteiger partial charge in [0.15, 0.2) is 0 Å². The topological polar surface area (TPSA) is 61.4 Å². The van der Waals surface area contributed by atoms with Gasteiger partial charge in [0.05, 0.1) is 0 Å². The Morgan fingerprint density at radius 1 is 1.09 bits per heavy atom. The lowest BCUT2D eigenvalue weighted by molar-refractivity contribution is -0.118. The second-order valence-corrected chi connectivity index (χ2v) is 5.69. The van der Waals surface area contributed by atoms with Gasteiger partial charge in [0, 0.05) is 30.5 Å². The van der Waals surface area contributed by atoms with Crippen LogP contribution in [0.3, 0.4) is 0 Å². The Labute approximate surface area is 135 Å². The van der Waals surface area contributed by atoms with Crippen molar-refractivity contribution in [3.8, 4) is 0 Å². The molecule has 0 saturated carbocycles. The van der Waals surface area contributed by atoms with E-state index in [1.807, 2.05) is 49.4 Å². The second kappa shape index (κ2) is 6.12. The van der Waals surface area contributed by atoms with Gasteiger partial charge in [-0.2, -0.15) is 0 Å². The molecule has 5 heteroatoms. The van der Waals surface area contributed by atoms with Crippen LogP contribution in [0.25, 0.3) is 0 Å². The fraction of sp³-hybridized carbons (Fsp3) is 0.222. The Morgan fingerprint density at radius 2 is 1.87 bits per heavy atom. The zero-order valence-corrected chi connectivity index (χ0v) is 13.2. The summed E-state index contributed by atoms with van der Waals surface area (Å²) >= 11 is 0. The quantitative estimate of drug-likeness (QED) is 0.891. The molecule has 5 nitrogen and oxygen atoms in total. The van der Waals surface area contributed by atoms with Crippen molar-refractivity contribution >= 4 is 29.0 Å². The predicted molar refractivity (Wildman–Crippen MR) is 92.0 cm³/mol. The van der Waals surface area contributed by atoms with Gasteiger partial charge in [-0.15, -0.1) is 0 Å². The number of benzene rings is 2. The van der Waals surface area contributed by atoms with E-state index in [2.05, 4.69) is 10.6 Å². The molecule has 0 saturated heterocycles. The van der Waals surface area contributed by atoms with Gasteiger partial charge in [-0.3, -0.25) is 4.79 Å². The molecule has 2 aromatic carbocycles. The summed E-state index contributed by atoms with van der Waals surface area (Å²) in [6.07, 6.45) is 1.20. The van der Waals surface area contributed by atoms with Crippen LogP contribution in [0.2, 0.25) is 0 Å². The largest absolute Gasteiger partial charge is 0.323 e. The maximum Gasteiger partial charge on any atom is 0.323 e. The van der Waals surface area contributed by atoms with Crippen molar-refractivity contribution < 1.29 is 9.59 Å². The number of rotatable bonds is 2. The van der Waals surface area contributed by atoms with Crippen molar-refractivity contribution in [1.29, 1.82) is 0 Å². The van der Waals surface area contributed by atoms with E-state index in [-0.39, 0.29) is 11.9 Å². The van der Waals surface area contributed by atoms with E-state index in [1.54, 1.807) is 11.9 Å². The normalized spacial score (nSPS) is 13.5. The number of amides is 3. The van der Waals surface area contributed by atoms with Gasteiger partial charge in [-0.1, -0.05) is 18.2 Å². The van der Waals surface area contributed by atoms with Crippen molar-refractivity contribution in [2.75, 3.05) is 22.6 Å². The number of nitrogens with one attached hydrogen (secondary N) is 2. The predicted octanol–water partition coefficient (Wildman–Crippen LogP) is 3.55. The highest BCUT2D eigenvalue weighted by molar-refractivity contribution is 6.01. The van der Waals surface area contributed by atoms with Crippen LogP contribution in [0, 0.1) is 6.92 Å². The average Bonchev–Trinajstić information content (AvgIpc) is 2.53. The highest BCUT2D eigenvalue weighted by Gasteiger charge is 2.21. The van der Waals surface area contributed by atoms with E-state index in [4.69, 9.17) is 0 Å². The molecular formula is C18H19N3O2. The molecule has 0 bridgehead atoms. The van der Waals surface area contributed by atoms with Crippen LogP contribution in [-0.2, 0) is 11.2 Å². The van der Waals surface area contributed by atoms with Gasteiger partial charge in [0.1, 0.15) is 0 Å². The molecule has 0 atom stereocenters. The molecule has 0 radical (unpaired) electrons. The minimum absolute atomic E-state index is 0.121. The standard InChI is InChI=1S/C18H19N3O2/c1-12-5-3-4-6-15(12)20-18(23)19-14-8-9-16-13(11-14)7-10-17(22)21(16)2/h3-6,8-9,11H,7,10H2,1-2H3,(H2,19,20,23). The van der Waals surface area contributed by atoms with Crippen molar-refractivity contribution in [3.63, 3.8) is 0 Å². The number of nitrogens with zero attached hydrogens (tertiary/aromatic N) is 1. The third-order valence-electron chi connectivity index (χ3n) is 4.07. The molecule has 0 aromatic heterocycles. The maximum absolute atomic E-state index is 12.1. The first-order chi connectivity index (χ1) is 11.0. The number of carbonyl (C=O) groups excluding carboxylic acids is 2. The molecule has 118 valence electrons. The number of fused-ring (bicyclic) bond motifs is 1. The van der Waals surface area contributed by atoms with Crippen LogP contribution in [0.1, 0.15) is 17.5 Å². The third kappa shape index (κ3) is 3.18. The Bertz CT molecular complexity index is 771. The van der Waals surface area contributed by atoms with E-state index < -0.39 is 0 Å². The van der Waals surface area contributed by atoms with Crippen molar-refractivity contribution in [3.05, 3.63) is 53.6 Å². The molecule has 1 aliphatic heterocycles. The molecule has 1 aliphatic rings. The zero-order valence-electron chi connectivity index (χ0n) is 13.2. The molecule has 0 aliphatic carbocycles. The number of hydrogen-bond acceptors (Lipinski definition) is 2. The lowest BCUT2D eigenvalue weighted by Crippen LogP contribution is -2.31. The van der Waals surface area contributed by atoms with Gasteiger partial charge in [-0.05, 0) is 48.7 Å². The van der Waals surface area contributed by atoms with Crippen LogP contribution in [-0.4, -0.2) is 19.0 Å². The fourth-order valence-electron chi connectivity index (χ4n) is 2.73. The molecule has 2 aromatic rings. The molecule has 23 heavy (non-hydrogen) atoms. The number of para-hydroxylation sites is 1. The molecule has 0 spiro atoms. The SMILES string of the molecule is Cc1ccccc1NC(=O)Nc1ccc2c(c1)CCC(=O)N2C. The fourth-order valence-corrected chi connectivity index (χ4v) is 2.73. The summed E-state index contributed by atoms with van der Waals surface area (Å²) in [6.45, 7) is 1.95. The number of anilines is 3. The Morgan fingerprint density at radius 3 is 2.65 bits per heavy atom. The van der Waals surface area contributed by atoms with Crippen LogP contribution in [0.15, 0.2) is 42.5 Å². The van der Waals surface area contributed by atoms with Gasteiger partial charge < -0.3 is 15.5 Å². The molecular weight excluding hydrogens is 290 g/mol. The summed E-state index contributed by atoms with van der Waals surface area (Å²) in [5, 5.41) is 5.68. The van der Waals surface area contributed by atoms with E-state index in [0.717, 1.165) is 28.2 Å². The molecule has 2 N–H and O–H groups in total. The van der Waals surface area contributed by atoms with Gasteiger partial charge in [0.25, 0.3) is 0 Å². The minimum atomic E-state index is -0.278. The van der Waals surface area contributed by atoms with Crippen LogP contribution >= 0.6 is 0 Å². The third-order valence-corrected chi connectivity index (χ3v) is 4.07. The first-order valence-corrected chi connectivity index (χ1v) is 7.58. The minimum Gasteiger partial charge on any atom is -0.315 e. The van der Waals surface area contributed by atoms with Crippen LogP contribution in [0.5, 0.6) is 0 Å². The summed E-state index contributed by atoms with van der Waals surface area (Å²) in [5.41, 5.74) is 4.49. The average molecular weight is 309 g/mol. The lowest BCUT2D eigenvalue weighted by atomic mass is 10.0. The molecule has 0 unspecified atom stereocenters. The molecule has 1 heterocycles. The smallest absolute Gasteiger partial charge is 0.315 e. The summed E-state index contributed by atoms with van der Waals surface area (Å²) in [6, 6.07) is 13.0. The first kappa shape index (κ1) is 15.1. The van der Waals surface area contributed by atoms with Crippen LogP contribution in [0.4, 0.5) is 21.9 Å². The summed E-state index contributed by atoms with van der Waals surface area (Å²) in [4.78, 5) is 25.5. The van der Waals surface area contributed by atoms with Crippen LogP contribution < -0.4 is 15.5 Å². The highest BCUT2D eigenvalue weighted by Crippen LogP contribution is 2.29. The summed E-state index contributed by atoms with van der Waals surface area (Å²) in [5.74, 6) is 0.121. The molecule has 0 fully saturated rings. The number of aryl methyl sites for hydroxylation is 2. The Hall–Kier alpha value is -2.82. The first-order valence-electron chi connectivity index (χ1n) is 7.58. The van der Waals surface area contributed by atoms with Crippen molar-refractivity contribution in [1.82, 2.24) is 0 Å². The van der Waals surface area contributed by atoms with E-state index in [1.165, 1.54) is 0 Å². The highest BCUT2D eigenvalue weighted by atomic mass is 16.2. The summed E-state index contributed by atoms with van der Waals surface area (Å²) in [7, 11) is 1.78. The van der Waals surface area contributed by atoms with Gasteiger partial charge >= 0.3 is 6.03 Å². The number of hydrogen-bond donors (Lipinski definition) is 2. The van der Waals surface area contributed by atoms with E-state index in [0.29, 0.717) is 12.8 Å². The molecule has 3 rings (SSSR count).